The molecule has 0 aliphatic rings. The van der Waals surface area contributed by atoms with Crippen LogP contribution in [0.25, 0.3) is 0 Å². The molecule has 0 unspecified atom stereocenters. The Morgan fingerprint density at radius 3 is 1.61 bits per heavy atom. The van der Waals surface area contributed by atoms with Crippen molar-refractivity contribution in [2.45, 2.75) is 0 Å². The summed E-state index contributed by atoms with van der Waals surface area (Å²) in [6.45, 7) is 8.18. The quantitative estimate of drug-likeness (QED) is 0.282. The average Bonchev–Trinajstić information content (AvgIpc) is 2.55. The van der Waals surface area contributed by atoms with E-state index in [0.717, 1.165) is 13.4 Å². The summed E-state index contributed by atoms with van der Waals surface area (Å²) in [5.41, 5.74) is 0. The van der Waals surface area contributed by atoms with Gasteiger partial charge in [-0.3, -0.25) is 0 Å². The number of phenolic OH excluding ortho intramolecular Hbond substituents is 1. The second-order valence-electron chi connectivity index (χ2n) is 3.99. The van der Waals surface area contributed by atoms with E-state index in [1.807, 2.05) is 24.3 Å². The SMILES string of the molecule is Brc1cccc(Br)c1Br.C=CCOCC=C.Oc1ccccc1. The fourth-order valence-electron chi connectivity index (χ4n) is 1.14. The average molecular weight is 507 g/mol. The Balaban J connectivity index is 0.000000320. The summed E-state index contributed by atoms with van der Waals surface area (Å²) in [5, 5.41) is 8.63. The second kappa shape index (κ2) is 14.7. The van der Waals surface area contributed by atoms with Crippen molar-refractivity contribution in [3.05, 3.63) is 87.3 Å². The molecule has 0 radical (unpaired) electrons. The predicted molar refractivity (Wildman–Crippen MR) is 109 cm³/mol. The van der Waals surface area contributed by atoms with Crippen molar-refractivity contribution in [2.75, 3.05) is 13.2 Å². The third-order valence-corrected chi connectivity index (χ3v) is 5.37. The summed E-state index contributed by atoms with van der Waals surface area (Å²) >= 11 is 10.1. The molecule has 23 heavy (non-hydrogen) atoms. The first kappa shape index (κ1) is 22.1. The van der Waals surface area contributed by atoms with Crippen LogP contribution < -0.4 is 0 Å². The molecular formula is C18H19Br3O2. The lowest BCUT2D eigenvalue weighted by atomic mass is 10.3. The van der Waals surface area contributed by atoms with Crippen molar-refractivity contribution in [2.24, 2.45) is 0 Å². The van der Waals surface area contributed by atoms with E-state index in [1.54, 1.807) is 36.4 Å². The van der Waals surface area contributed by atoms with Crippen molar-refractivity contribution in [1.82, 2.24) is 0 Å². The van der Waals surface area contributed by atoms with Gasteiger partial charge in [-0.2, -0.15) is 0 Å². The van der Waals surface area contributed by atoms with Gasteiger partial charge in [-0.15, -0.1) is 13.2 Å². The molecule has 0 heterocycles. The number of ether oxygens (including phenoxy) is 1. The first-order chi connectivity index (χ1) is 11.0. The molecule has 0 fully saturated rings. The molecule has 0 aromatic heterocycles. The largest absolute Gasteiger partial charge is 0.508 e. The van der Waals surface area contributed by atoms with E-state index in [2.05, 4.69) is 60.9 Å². The van der Waals surface area contributed by atoms with Crippen molar-refractivity contribution in [3.63, 3.8) is 0 Å². The molecule has 2 aromatic rings. The van der Waals surface area contributed by atoms with Gasteiger partial charge in [0.1, 0.15) is 5.75 Å². The highest BCUT2D eigenvalue weighted by atomic mass is 79.9. The molecule has 0 amide bonds. The van der Waals surface area contributed by atoms with Gasteiger partial charge in [0.05, 0.1) is 13.2 Å². The van der Waals surface area contributed by atoms with Crippen LogP contribution >= 0.6 is 47.8 Å². The highest BCUT2D eigenvalue weighted by Crippen LogP contribution is 2.29. The Morgan fingerprint density at radius 2 is 1.30 bits per heavy atom. The van der Waals surface area contributed by atoms with E-state index in [1.165, 1.54) is 0 Å². The van der Waals surface area contributed by atoms with Crippen molar-refractivity contribution >= 4 is 47.8 Å². The topological polar surface area (TPSA) is 29.5 Å². The van der Waals surface area contributed by atoms with Gasteiger partial charge in [-0.25, -0.2) is 0 Å². The van der Waals surface area contributed by atoms with E-state index < -0.39 is 0 Å². The van der Waals surface area contributed by atoms with Crippen LogP contribution in [0.1, 0.15) is 0 Å². The van der Waals surface area contributed by atoms with Gasteiger partial charge in [0.15, 0.2) is 0 Å². The van der Waals surface area contributed by atoms with E-state index in [4.69, 9.17) is 9.84 Å². The van der Waals surface area contributed by atoms with Gasteiger partial charge in [0.25, 0.3) is 0 Å². The molecule has 0 saturated heterocycles. The van der Waals surface area contributed by atoms with Gasteiger partial charge in [-0.05, 0) is 72.1 Å². The maximum atomic E-state index is 8.63. The molecule has 0 spiro atoms. The molecule has 0 atom stereocenters. The number of para-hydroxylation sites is 1. The predicted octanol–water partition coefficient (Wildman–Crippen LogP) is 6.74. The summed E-state index contributed by atoms with van der Waals surface area (Å²) in [7, 11) is 0. The summed E-state index contributed by atoms with van der Waals surface area (Å²) < 4.78 is 8.09. The minimum Gasteiger partial charge on any atom is -0.508 e. The zero-order valence-corrected chi connectivity index (χ0v) is 17.3. The van der Waals surface area contributed by atoms with E-state index in [9.17, 15) is 0 Å². The molecule has 124 valence electrons. The molecule has 5 heteroatoms. The number of rotatable bonds is 4. The Bertz CT molecular complexity index is 543. The van der Waals surface area contributed by atoms with Crippen LogP contribution in [0.15, 0.2) is 87.3 Å². The zero-order chi connectivity index (χ0) is 17.5. The molecule has 1 N–H and O–H groups in total. The highest BCUT2D eigenvalue weighted by Gasteiger charge is 1.97. The van der Waals surface area contributed by atoms with Gasteiger partial charge >= 0.3 is 0 Å². The monoisotopic (exact) mass is 504 g/mol. The number of hydrogen-bond acceptors (Lipinski definition) is 2. The molecule has 0 aliphatic heterocycles. The molecule has 2 nitrogen and oxygen atoms in total. The number of hydrogen-bond donors (Lipinski definition) is 1. The number of aromatic hydroxyl groups is 1. The lowest BCUT2D eigenvalue weighted by molar-refractivity contribution is 0.194. The van der Waals surface area contributed by atoms with Crippen LogP contribution in [0.4, 0.5) is 0 Å². The standard InChI is InChI=1S/C6H3Br3.C6H6O.C6H10O/c7-4-2-1-3-5(8)6(4)9;7-6-4-2-1-3-5-6;1-3-5-7-6-4-2/h1-3H;1-5,7H;3-4H,1-2,5-6H2. The molecule has 0 aliphatic carbocycles. The van der Waals surface area contributed by atoms with E-state index in [0.29, 0.717) is 19.0 Å². The Labute approximate surface area is 163 Å². The van der Waals surface area contributed by atoms with Gasteiger partial charge in [-0.1, -0.05) is 36.4 Å². The molecule has 2 aromatic carbocycles. The maximum Gasteiger partial charge on any atom is 0.115 e. The van der Waals surface area contributed by atoms with Crippen LogP contribution in [0.3, 0.4) is 0 Å². The lowest BCUT2D eigenvalue weighted by Crippen LogP contribution is -1.87. The van der Waals surface area contributed by atoms with E-state index in [-0.39, 0.29) is 0 Å². The summed E-state index contributed by atoms with van der Waals surface area (Å²) in [5.74, 6) is 0.322. The molecule has 0 saturated carbocycles. The molecular weight excluding hydrogens is 488 g/mol. The lowest BCUT2D eigenvalue weighted by Gasteiger charge is -1.95. The first-order valence-electron chi connectivity index (χ1n) is 6.66. The third kappa shape index (κ3) is 12.2. The van der Waals surface area contributed by atoms with Crippen molar-refractivity contribution < 1.29 is 9.84 Å². The van der Waals surface area contributed by atoms with Crippen LogP contribution in [-0.2, 0) is 4.74 Å². The summed E-state index contributed by atoms with van der Waals surface area (Å²) in [6.07, 6.45) is 3.42. The minimum atomic E-state index is 0.322. The number of benzene rings is 2. The Morgan fingerprint density at radius 1 is 0.826 bits per heavy atom. The number of halogens is 3. The fourth-order valence-corrected chi connectivity index (χ4v) is 2.40. The minimum absolute atomic E-state index is 0.322. The zero-order valence-electron chi connectivity index (χ0n) is 12.6. The molecule has 0 bridgehead atoms. The summed E-state index contributed by atoms with van der Waals surface area (Å²) in [6, 6.07) is 14.6. The Hall–Kier alpha value is -0.880. The summed E-state index contributed by atoms with van der Waals surface area (Å²) in [4.78, 5) is 0. The van der Waals surface area contributed by atoms with Gasteiger partial charge in [0.2, 0.25) is 0 Å². The maximum absolute atomic E-state index is 8.63. The van der Waals surface area contributed by atoms with Crippen molar-refractivity contribution in [1.29, 1.82) is 0 Å². The highest BCUT2D eigenvalue weighted by molar-refractivity contribution is 9.14. The van der Waals surface area contributed by atoms with Gasteiger partial charge in [0, 0.05) is 13.4 Å². The second-order valence-corrected chi connectivity index (χ2v) is 6.49. The van der Waals surface area contributed by atoms with E-state index >= 15 is 0 Å². The van der Waals surface area contributed by atoms with Gasteiger partial charge < -0.3 is 9.84 Å². The van der Waals surface area contributed by atoms with Crippen molar-refractivity contribution in [3.8, 4) is 5.75 Å². The van der Waals surface area contributed by atoms with Crippen LogP contribution in [-0.4, -0.2) is 18.3 Å². The Kier molecular flexibility index (Phi) is 14.1. The number of phenols is 1. The third-order valence-electron chi connectivity index (χ3n) is 2.13. The fraction of sp³-hybridized carbons (Fsp3) is 0.111. The first-order valence-corrected chi connectivity index (χ1v) is 9.03. The molecule has 2 rings (SSSR count). The normalized spacial score (nSPS) is 8.83. The van der Waals surface area contributed by atoms with Crippen LogP contribution in [0, 0.1) is 0 Å². The van der Waals surface area contributed by atoms with Crippen LogP contribution in [0.5, 0.6) is 5.75 Å². The smallest absolute Gasteiger partial charge is 0.115 e. The van der Waals surface area contributed by atoms with Crippen LogP contribution in [0.2, 0.25) is 0 Å².